The van der Waals surface area contributed by atoms with Crippen molar-refractivity contribution in [2.75, 3.05) is 6.54 Å². The van der Waals surface area contributed by atoms with Gasteiger partial charge in [-0.1, -0.05) is 48.5 Å². The molecule has 10 nitrogen and oxygen atoms in total. The van der Waals surface area contributed by atoms with Gasteiger partial charge in [-0.3, -0.25) is 14.5 Å². The van der Waals surface area contributed by atoms with Crippen LogP contribution in [0.15, 0.2) is 60.8 Å². The molecular weight excluding hydrogens is 510 g/mol. The molecule has 1 aromatic heterocycles. The van der Waals surface area contributed by atoms with Crippen molar-refractivity contribution >= 4 is 34.8 Å². The number of imide groups is 1. The van der Waals surface area contributed by atoms with E-state index in [-0.39, 0.29) is 31.3 Å². The zero-order valence-electron chi connectivity index (χ0n) is 23.0. The third-order valence-corrected chi connectivity index (χ3v) is 7.32. The Kier molecular flexibility index (Phi) is 7.51. The summed E-state index contributed by atoms with van der Waals surface area (Å²) < 4.78 is 5.43. The predicted molar refractivity (Wildman–Crippen MR) is 149 cm³/mol. The topological polar surface area (TPSA) is 124 Å². The molecule has 2 fully saturated rings. The van der Waals surface area contributed by atoms with Crippen molar-refractivity contribution in [1.82, 2.24) is 25.4 Å². The number of fused-ring (bicyclic) bond motifs is 2. The number of aromatic nitrogens is 1. The standard InChI is InChI=1S/C30H35N5O5/c1-30(2,3)40-28(38)33-24(15-20-17-31-22-12-8-7-11-21(20)22)27(37)32-23-13-14-34-25(23)16-26(36)35(29(34)39)18-19-9-5-4-6-10-19/h4-12,17,23-25,31H,13-16,18H2,1-3H3,(H,32,37)(H,33,38)/t23-,24+,25-/m0/s1. The summed E-state index contributed by atoms with van der Waals surface area (Å²) in [4.78, 5) is 58.7. The first-order valence-electron chi connectivity index (χ1n) is 13.6. The molecule has 2 saturated heterocycles. The number of alkyl carbamates (subject to hydrolysis) is 1. The highest BCUT2D eigenvalue weighted by Gasteiger charge is 2.46. The Bertz CT molecular complexity index is 1410. The number of benzene rings is 2. The minimum Gasteiger partial charge on any atom is -0.444 e. The smallest absolute Gasteiger partial charge is 0.408 e. The first-order chi connectivity index (χ1) is 19.1. The van der Waals surface area contributed by atoms with E-state index in [1.165, 1.54) is 4.90 Å². The van der Waals surface area contributed by atoms with Gasteiger partial charge in [0.2, 0.25) is 11.8 Å². The molecular formula is C30H35N5O5. The second kappa shape index (κ2) is 11.0. The van der Waals surface area contributed by atoms with Crippen LogP contribution in [-0.2, 0) is 27.3 Å². The van der Waals surface area contributed by atoms with E-state index in [4.69, 9.17) is 4.74 Å². The highest BCUT2D eigenvalue weighted by atomic mass is 16.6. The number of ether oxygens (including phenoxy) is 1. The molecule has 0 radical (unpaired) electrons. The molecule has 40 heavy (non-hydrogen) atoms. The number of carbonyl (C=O) groups excluding carboxylic acids is 4. The third-order valence-electron chi connectivity index (χ3n) is 7.32. The number of carbonyl (C=O) groups is 4. The summed E-state index contributed by atoms with van der Waals surface area (Å²) in [5, 5.41) is 6.72. The number of nitrogens with one attached hydrogen (secondary N) is 3. The average Bonchev–Trinajstić information content (AvgIpc) is 3.50. The lowest BCUT2D eigenvalue weighted by atomic mass is 10.0. The number of amides is 5. The van der Waals surface area contributed by atoms with Crippen molar-refractivity contribution in [3.8, 4) is 0 Å². The Labute approximate surface area is 233 Å². The second-order valence-corrected chi connectivity index (χ2v) is 11.4. The van der Waals surface area contributed by atoms with Crippen LogP contribution in [0.5, 0.6) is 0 Å². The molecule has 5 rings (SSSR count). The van der Waals surface area contributed by atoms with Crippen LogP contribution < -0.4 is 10.6 Å². The van der Waals surface area contributed by atoms with Crippen molar-refractivity contribution in [1.29, 1.82) is 0 Å². The molecule has 2 aromatic carbocycles. The van der Waals surface area contributed by atoms with Gasteiger partial charge in [0.05, 0.1) is 18.6 Å². The molecule has 0 unspecified atom stereocenters. The first-order valence-corrected chi connectivity index (χ1v) is 13.6. The van der Waals surface area contributed by atoms with E-state index in [1.54, 1.807) is 25.7 Å². The first kappa shape index (κ1) is 27.2. The van der Waals surface area contributed by atoms with Crippen LogP contribution in [0.4, 0.5) is 9.59 Å². The molecule has 0 spiro atoms. The lowest BCUT2D eigenvalue weighted by Gasteiger charge is -2.38. The van der Waals surface area contributed by atoms with E-state index in [9.17, 15) is 19.2 Å². The quantitative estimate of drug-likeness (QED) is 0.418. The lowest BCUT2D eigenvalue weighted by molar-refractivity contribution is -0.133. The van der Waals surface area contributed by atoms with E-state index in [0.717, 1.165) is 22.0 Å². The highest BCUT2D eigenvalue weighted by molar-refractivity contribution is 5.98. The van der Waals surface area contributed by atoms with Crippen LogP contribution in [0.1, 0.15) is 44.7 Å². The number of urea groups is 1. The largest absolute Gasteiger partial charge is 0.444 e. The van der Waals surface area contributed by atoms with Crippen LogP contribution in [0.2, 0.25) is 0 Å². The van der Waals surface area contributed by atoms with Crippen LogP contribution in [-0.4, -0.2) is 69.0 Å². The minimum absolute atomic E-state index is 0.121. The van der Waals surface area contributed by atoms with E-state index < -0.39 is 35.7 Å². The van der Waals surface area contributed by atoms with Crippen LogP contribution in [0.3, 0.4) is 0 Å². The lowest BCUT2D eigenvalue weighted by Crippen LogP contribution is -2.59. The molecule has 2 aliphatic heterocycles. The number of H-pyrrole nitrogens is 1. The van der Waals surface area contributed by atoms with Crippen LogP contribution in [0, 0.1) is 0 Å². The summed E-state index contributed by atoms with van der Waals surface area (Å²) in [7, 11) is 0. The molecule has 3 N–H and O–H groups in total. The van der Waals surface area contributed by atoms with Gasteiger partial charge in [-0.05, 0) is 44.4 Å². The van der Waals surface area contributed by atoms with Crippen molar-refractivity contribution in [3.05, 3.63) is 71.9 Å². The Balaban J connectivity index is 1.30. The molecule has 3 heterocycles. The summed E-state index contributed by atoms with van der Waals surface area (Å²) in [5.74, 6) is -0.659. The van der Waals surface area contributed by atoms with Gasteiger partial charge in [-0.25, -0.2) is 9.59 Å². The van der Waals surface area contributed by atoms with Gasteiger partial charge < -0.3 is 25.3 Å². The van der Waals surface area contributed by atoms with E-state index in [2.05, 4.69) is 15.6 Å². The summed E-state index contributed by atoms with van der Waals surface area (Å²) in [6.07, 6.45) is 2.01. The molecule has 2 aliphatic rings. The van der Waals surface area contributed by atoms with Crippen molar-refractivity contribution in [2.45, 2.75) is 70.3 Å². The van der Waals surface area contributed by atoms with Gasteiger partial charge in [0.15, 0.2) is 0 Å². The molecule has 3 atom stereocenters. The maximum Gasteiger partial charge on any atom is 0.408 e. The van der Waals surface area contributed by atoms with Gasteiger partial charge in [0.1, 0.15) is 11.6 Å². The van der Waals surface area contributed by atoms with Crippen molar-refractivity contribution < 1.29 is 23.9 Å². The fourth-order valence-electron chi connectivity index (χ4n) is 5.45. The monoisotopic (exact) mass is 545 g/mol. The fraction of sp³-hybridized carbons (Fsp3) is 0.400. The number of aromatic amines is 1. The zero-order chi connectivity index (χ0) is 28.4. The Hall–Kier alpha value is -4.34. The van der Waals surface area contributed by atoms with Gasteiger partial charge in [-0.2, -0.15) is 0 Å². The van der Waals surface area contributed by atoms with Gasteiger partial charge >= 0.3 is 12.1 Å². The molecule has 210 valence electrons. The van der Waals surface area contributed by atoms with Gasteiger partial charge in [-0.15, -0.1) is 0 Å². The fourth-order valence-corrected chi connectivity index (χ4v) is 5.45. The molecule has 0 bridgehead atoms. The Morgan fingerprint density at radius 1 is 1.07 bits per heavy atom. The number of para-hydroxylation sites is 1. The number of hydrogen-bond donors (Lipinski definition) is 3. The average molecular weight is 546 g/mol. The second-order valence-electron chi connectivity index (χ2n) is 11.4. The Morgan fingerprint density at radius 3 is 2.55 bits per heavy atom. The SMILES string of the molecule is CC(C)(C)OC(=O)N[C@H](Cc1c[nH]c2ccccc12)C(=O)N[C@H]1CCN2C(=O)N(Cc3ccccc3)C(=O)C[C@@H]12. The molecule has 0 aliphatic carbocycles. The Morgan fingerprint density at radius 2 is 1.80 bits per heavy atom. The van der Waals surface area contributed by atoms with Crippen LogP contribution >= 0.6 is 0 Å². The normalized spacial score (nSPS) is 19.9. The third kappa shape index (κ3) is 5.95. The van der Waals surface area contributed by atoms with Gasteiger partial charge in [0, 0.05) is 36.5 Å². The molecule has 0 saturated carbocycles. The highest BCUT2D eigenvalue weighted by Crippen LogP contribution is 2.29. The molecule has 5 amide bonds. The number of hydrogen-bond acceptors (Lipinski definition) is 5. The zero-order valence-corrected chi connectivity index (χ0v) is 23.0. The van der Waals surface area contributed by atoms with E-state index in [1.807, 2.05) is 60.8 Å². The maximum absolute atomic E-state index is 13.6. The summed E-state index contributed by atoms with van der Waals surface area (Å²) in [5.41, 5.74) is 1.95. The molecule has 3 aromatic rings. The summed E-state index contributed by atoms with van der Waals surface area (Å²) >= 11 is 0. The predicted octanol–water partition coefficient (Wildman–Crippen LogP) is 3.72. The van der Waals surface area contributed by atoms with Crippen molar-refractivity contribution in [3.63, 3.8) is 0 Å². The number of nitrogens with zero attached hydrogens (tertiary/aromatic N) is 2. The number of rotatable bonds is 7. The van der Waals surface area contributed by atoms with E-state index in [0.29, 0.717) is 13.0 Å². The maximum atomic E-state index is 13.6. The van der Waals surface area contributed by atoms with Crippen LogP contribution in [0.25, 0.3) is 10.9 Å². The summed E-state index contributed by atoms with van der Waals surface area (Å²) in [6, 6.07) is 15.0. The summed E-state index contributed by atoms with van der Waals surface area (Å²) in [6.45, 7) is 5.91. The van der Waals surface area contributed by atoms with Gasteiger partial charge in [0.25, 0.3) is 0 Å². The van der Waals surface area contributed by atoms with E-state index >= 15 is 0 Å². The van der Waals surface area contributed by atoms with Crippen molar-refractivity contribution in [2.24, 2.45) is 0 Å². The molecule has 10 heteroatoms. The minimum atomic E-state index is -0.923.